The molecular formula is C14H18FN3. The van der Waals surface area contributed by atoms with Gasteiger partial charge in [-0.15, -0.1) is 0 Å². The van der Waals surface area contributed by atoms with Crippen LogP contribution in [0.3, 0.4) is 0 Å². The lowest BCUT2D eigenvalue weighted by molar-refractivity contribution is 0.113. The largest absolute Gasteiger partial charge is 0.314 e. The molecule has 0 aliphatic carbocycles. The maximum atomic E-state index is 13.0. The first-order valence-corrected chi connectivity index (χ1v) is 6.36. The van der Waals surface area contributed by atoms with E-state index in [1.807, 2.05) is 6.92 Å². The molecule has 3 nitrogen and oxygen atoms in total. The van der Waals surface area contributed by atoms with Crippen LogP contribution in [0, 0.1) is 17.1 Å². The molecule has 0 bridgehead atoms. The Balaban J connectivity index is 2.36. The highest BCUT2D eigenvalue weighted by atomic mass is 19.1. The fourth-order valence-corrected chi connectivity index (χ4v) is 2.60. The lowest BCUT2D eigenvalue weighted by Crippen LogP contribution is -2.53. The molecule has 4 heteroatoms. The van der Waals surface area contributed by atoms with E-state index in [0.717, 1.165) is 31.7 Å². The van der Waals surface area contributed by atoms with Crippen molar-refractivity contribution in [1.82, 2.24) is 10.2 Å². The van der Waals surface area contributed by atoms with Gasteiger partial charge in [-0.3, -0.25) is 4.90 Å². The van der Waals surface area contributed by atoms with E-state index >= 15 is 0 Å². The van der Waals surface area contributed by atoms with Gasteiger partial charge in [0.05, 0.1) is 6.07 Å². The molecule has 1 atom stereocenters. The summed E-state index contributed by atoms with van der Waals surface area (Å²) in [5.74, 6) is -0.262. The first-order chi connectivity index (χ1) is 8.73. The average Bonchev–Trinajstić information content (AvgIpc) is 2.44. The summed E-state index contributed by atoms with van der Waals surface area (Å²) in [6.45, 7) is 5.49. The van der Waals surface area contributed by atoms with Gasteiger partial charge in [-0.25, -0.2) is 4.39 Å². The summed E-state index contributed by atoms with van der Waals surface area (Å²) < 4.78 is 13.0. The number of hydrogen-bond donors (Lipinski definition) is 1. The van der Waals surface area contributed by atoms with Crippen molar-refractivity contribution in [1.29, 1.82) is 5.26 Å². The third kappa shape index (κ3) is 2.24. The molecule has 2 rings (SSSR count). The fraction of sp³-hybridized carbons (Fsp3) is 0.500. The number of halogens is 1. The van der Waals surface area contributed by atoms with Crippen molar-refractivity contribution in [3.63, 3.8) is 0 Å². The smallest absolute Gasteiger partial charge is 0.134 e. The lowest BCUT2D eigenvalue weighted by atomic mass is 9.86. The Hall–Kier alpha value is -1.44. The second-order valence-electron chi connectivity index (χ2n) is 4.57. The van der Waals surface area contributed by atoms with E-state index in [1.165, 1.54) is 12.1 Å². The number of nitrogens with one attached hydrogen (secondary N) is 1. The van der Waals surface area contributed by atoms with Crippen LogP contribution in [0.4, 0.5) is 4.39 Å². The highest BCUT2D eigenvalue weighted by Gasteiger charge is 2.37. The summed E-state index contributed by atoms with van der Waals surface area (Å²) in [6.07, 6.45) is 0.704. The summed E-state index contributed by atoms with van der Waals surface area (Å²) >= 11 is 0. The van der Waals surface area contributed by atoms with Gasteiger partial charge in [-0.1, -0.05) is 19.1 Å². The molecule has 0 saturated carbocycles. The molecule has 1 fully saturated rings. The van der Waals surface area contributed by atoms with Gasteiger partial charge in [0, 0.05) is 26.2 Å². The van der Waals surface area contributed by atoms with Gasteiger partial charge >= 0.3 is 0 Å². The minimum Gasteiger partial charge on any atom is -0.314 e. The van der Waals surface area contributed by atoms with Crippen LogP contribution in [0.25, 0.3) is 0 Å². The summed E-state index contributed by atoms with van der Waals surface area (Å²) in [7, 11) is 0. The van der Waals surface area contributed by atoms with Crippen LogP contribution in [-0.4, -0.2) is 31.1 Å². The van der Waals surface area contributed by atoms with Gasteiger partial charge in [0.15, 0.2) is 0 Å². The number of benzene rings is 1. The van der Waals surface area contributed by atoms with Gasteiger partial charge in [-0.05, 0) is 24.1 Å². The van der Waals surface area contributed by atoms with Crippen LogP contribution < -0.4 is 5.32 Å². The zero-order valence-corrected chi connectivity index (χ0v) is 10.6. The molecule has 1 N–H and O–H groups in total. The molecule has 96 valence electrons. The molecule has 1 aliphatic rings. The van der Waals surface area contributed by atoms with E-state index in [9.17, 15) is 9.65 Å². The topological polar surface area (TPSA) is 39.1 Å². The summed E-state index contributed by atoms with van der Waals surface area (Å²) in [5, 5.41) is 12.9. The minimum atomic E-state index is -0.629. The molecule has 1 aromatic rings. The number of nitriles is 1. The molecule has 0 amide bonds. The molecule has 1 aromatic carbocycles. The van der Waals surface area contributed by atoms with Crippen molar-refractivity contribution >= 4 is 0 Å². The SMILES string of the molecule is CCC(C#N)(c1ccc(F)cc1)N1CCNCC1. The van der Waals surface area contributed by atoms with Crippen LogP contribution in [0.15, 0.2) is 24.3 Å². The second-order valence-corrected chi connectivity index (χ2v) is 4.57. The van der Waals surface area contributed by atoms with Crippen LogP contribution >= 0.6 is 0 Å². The van der Waals surface area contributed by atoms with E-state index in [2.05, 4.69) is 16.3 Å². The Morgan fingerprint density at radius 3 is 2.44 bits per heavy atom. The standard InChI is InChI=1S/C14H18FN3/c1-2-14(11-16,18-9-7-17-8-10-18)12-3-5-13(15)6-4-12/h3-6,17H,2,7-10H2,1H3. The molecule has 1 heterocycles. The average molecular weight is 247 g/mol. The Morgan fingerprint density at radius 1 is 1.33 bits per heavy atom. The van der Waals surface area contributed by atoms with Gasteiger partial charge in [0.25, 0.3) is 0 Å². The number of nitrogens with zero attached hydrogens (tertiary/aromatic N) is 2. The molecular weight excluding hydrogens is 229 g/mol. The van der Waals surface area contributed by atoms with E-state index in [-0.39, 0.29) is 5.82 Å². The van der Waals surface area contributed by atoms with Crippen molar-refractivity contribution in [2.24, 2.45) is 0 Å². The molecule has 1 unspecified atom stereocenters. The van der Waals surface area contributed by atoms with Crippen molar-refractivity contribution in [2.45, 2.75) is 18.9 Å². The number of hydrogen-bond acceptors (Lipinski definition) is 3. The van der Waals surface area contributed by atoms with Crippen molar-refractivity contribution < 1.29 is 4.39 Å². The maximum absolute atomic E-state index is 13.0. The zero-order chi connectivity index (χ0) is 13.0. The minimum absolute atomic E-state index is 0.262. The Bertz CT molecular complexity index is 431. The Kier molecular flexibility index (Phi) is 3.95. The highest BCUT2D eigenvalue weighted by molar-refractivity contribution is 5.32. The van der Waals surface area contributed by atoms with E-state index in [4.69, 9.17) is 0 Å². The van der Waals surface area contributed by atoms with Crippen LogP contribution in [0.2, 0.25) is 0 Å². The molecule has 1 aliphatic heterocycles. The monoisotopic (exact) mass is 247 g/mol. The third-order valence-electron chi connectivity index (χ3n) is 3.68. The first-order valence-electron chi connectivity index (χ1n) is 6.36. The highest BCUT2D eigenvalue weighted by Crippen LogP contribution is 2.31. The van der Waals surface area contributed by atoms with Crippen molar-refractivity contribution in [3.05, 3.63) is 35.6 Å². The molecule has 18 heavy (non-hydrogen) atoms. The van der Waals surface area contributed by atoms with Gasteiger partial charge in [0.1, 0.15) is 11.4 Å². The Labute approximate surface area is 107 Å². The molecule has 0 radical (unpaired) electrons. The first kappa shape index (κ1) is 13.0. The second kappa shape index (κ2) is 5.47. The third-order valence-corrected chi connectivity index (χ3v) is 3.68. The zero-order valence-electron chi connectivity index (χ0n) is 10.6. The van der Waals surface area contributed by atoms with Crippen LogP contribution in [0.1, 0.15) is 18.9 Å². The number of rotatable bonds is 3. The van der Waals surface area contributed by atoms with Gasteiger partial charge in [-0.2, -0.15) is 5.26 Å². The normalized spacial score (nSPS) is 20.1. The number of piperazine rings is 1. The predicted molar refractivity (Wildman–Crippen MR) is 68.4 cm³/mol. The molecule has 0 spiro atoms. The van der Waals surface area contributed by atoms with Crippen LogP contribution in [-0.2, 0) is 5.54 Å². The molecule has 1 saturated heterocycles. The van der Waals surface area contributed by atoms with Gasteiger partial charge < -0.3 is 5.32 Å². The maximum Gasteiger partial charge on any atom is 0.134 e. The summed E-state index contributed by atoms with van der Waals surface area (Å²) in [4.78, 5) is 2.19. The van der Waals surface area contributed by atoms with E-state index in [1.54, 1.807) is 12.1 Å². The quantitative estimate of drug-likeness (QED) is 0.886. The van der Waals surface area contributed by atoms with Crippen molar-refractivity contribution in [3.8, 4) is 6.07 Å². The van der Waals surface area contributed by atoms with Crippen molar-refractivity contribution in [2.75, 3.05) is 26.2 Å². The fourth-order valence-electron chi connectivity index (χ4n) is 2.60. The lowest BCUT2D eigenvalue weighted by Gasteiger charge is -2.41. The van der Waals surface area contributed by atoms with Gasteiger partial charge in [0.2, 0.25) is 0 Å². The Morgan fingerprint density at radius 2 is 1.94 bits per heavy atom. The predicted octanol–water partition coefficient (Wildman–Crippen LogP) is 1.86. The van der Waals surface area contributed by atoms with E-state index in [0.29, 0.717) is 6.42 Å². The van der Waals surface area contributed by atoms with E-state index < -0.39 is 5.54 Å². The summed E-state index contributed by atoms with van der Waals surface area (Å²) in [5.41, 5.74) is 0.256. The van der Waals surface area contributed by atoms with Crippen LogP contribution in [0.5, 0.6) is 0 Å². The molecule has 0 aromatic heterocycles. The summed E-state index contributed by atoms with van der Waals surface area (Å²) in [6, 6.07) is 8.76.